The molecule has 1 saturated heterocycles. The standard InChI is InChI=1S/C11H9ClF3N3O3/c12-7-2-1-6(11(13,14)15)5-8(7)16-9(19)17-18-3-4-21-10(18)20/h1-2,5H,3-4H2,(H2,16,17,19). The van der Waals surface area contributed by atoms with Crippen molar-refractivity contribution in [2.45, 2.75) is 6.18 Å². The van der Waals surface area contributed by atoms with Crippen LogP contribution in [0.15, 0.2) is 18.2 Å². The molecule has 2 N–H and O–H groups in total. The Kier molecular flexibility index (Phi) is 4.12. The Balaban J connectivity index is 2.08. The van der Waals surface area contributed by atoms with Crippen LogP contribution in [0.25, 0.3) is 0 Å². The topological polar surface area (TPSA) is 70.7 Å². The summed E-state index contributed by atoms with van der Waals surface area (Å²) in [5.41, 5.74) is 0.950. The van der Waals surface area contributed by atoms with Crippen LogP contribution in [-0.4, -0.2) is 30.3 Å². The second-order valence-corrected chi connectivity index (χ2v) is 4.43. The van der Waals surface area contributed by atoms with Gasteiger partial charge in [-0.05, 0) is 18.2 Å². The van der Waals surface area contributed by atoms with Gasteiger partial charge in [0.15, 0.2) is 0 Å². The lowest BCUT2D eigenvalue weighted by Crippen LogP contribution is -2.44. The van der Waals surface area contributed by atoms with Crippen LogP contribution in [0.3, 0.4) is 0 Å². The Morgan fingerprint density at radius 1 is 1.38 bits per heavy atom. The normalized spacial score (nSPS) is 14.9. The van der Waals surface area contributed by atoms with Gasteiger partial charge in [-0.25, -0.2) is 20.0 Å². The zero-order valence-electron chi connectivity index (χ0n) is 10.3. The fourth-order valence-electron chi connectivity index (χ4n) is 1.57. The molecular formula is C11H9ClF3N3O3. The van der Waals surface area contributed by atoms with Crippen molar-refractivity contribution in [2.24, 2.45) is 0 Å². The molecular weight excluding hydrogens is 315 g/mol. The van der Waals surface area contributed by atoms with Gasteiger partial charge in [0, 0.05) is 0 Å². The Morgan fingerprint density at radius 3 is 2.67 bits per heavy atom. The van der Waals surface area contributed by atoms with Gasteiger partial charge in [0.1, 0.15) is 6.61 Å². The number of nitrogens with one attached hydrogen (secondary N) is 2. The molecule has 1 aliphatic heterocycles. The van der Waals surface area contributed by atoms with E-state index in [2.05, 4.69) is 15.5 Å². The predicted octanol–water partition coefficient (Wildman–Crippen LogP) is 2.85. The zero-order valence-corrected chi connectivity index (χ0v) is 11.1. The van der Waals surface area contributed by atoms with Gasteiger partial charge in [0.05, 0.1) is 22.8 Å². The lowest BCUT2D eigenvalue weighted by molar-refractivity contribution is -0.137. The van der Waals surface area contributed by atoms with E-state index < -0.39 is 23.9 Å². The summed E-state index contributed by atoms with van der Waals surface area (Å²) in [6.07, 6.45) is -5.31. The van der Waals surface area contributed by atoms with E-state index >= 15 is 0 Å². The second-order valence-electron chi connectivity index (χ2n) is 4.02. The number of rotatable bonds is 2. The van der Waals surface area contributed by atoms with Gasteiger partial charge in [0.2, 0.25) is 0 Å². The summed E-state index contributed by atoms with van der Waals surface area (Å²) in [5, 5.41) is 2.96. The molecule has 1 heterocycles. The molecule has 1 aromatic rings. The van der Waals surface area contributed by atoms with E-state index in [1.54, 1.807) is 0 Å². The number of anilines is 1. The number of alkyl halides is 3. The van der Waals surface area contributed by atoms with Gasteiger partial charge in [-0.1, -0.05) is 11.6 Å². The fraction of sp³-hybridized carbons (Fsp3) is 0.273. The number of urea groups is 1. The lowest BCUT2D eigenvalue weighted by atomic mass is 10.2. The van der Waals surface area contributed by atoms with E-state index in [-0.39, 0.29) is 23.9 Å². The maximum Gasteiger partial charge on any atom is 0.428 e. The molecule has 0 radical (unpaired) electrons. The van der Waals surface area contributed by atoms with Gasteiger partial charge >= 0.3 is 18.3 Å². The van der Waals surface area contributed by atoms with Gasteiger partial charge < -0.3 is 10.1 Å². The highest BCUT2D eigenvalue weighted by molar-refractivity contribution is 6.33. The number of benzene rings is 1. The van der Waals surface area contributed by atoms with Crippen molar-refractivity contribution < 1.29 is 27.5 Å². The predicted molar refractivity (Wildman–Crippen MR) is 66.7 cm³/mol. The number of halogens is 4. The van der Waals surface area contributed by atoms with Gasteiger partial charge in [-0.3, -0.25) is 0 Å². The van der Waals surface area contributed by atoms with E-state index in [4.69, 9.17) is 11.6 Å². The van der Waals surface area contributed by atoms with E-state index in [0.29, 0.717) is 6.07 Å². The number of carbonyl (C=O) groups excluding carboxylic acids is 2. The van der Waals surface area contributed by atoms with Crippen molar-refractivity contribution in [3.8, 4) is 0 Å². The molecule has 1 aromatic carbocycles. The number of amides is 3. The molecule has 1 aliphatic rings. The Hall–Kier alpha value is -2.16. The SMILES string of the molecule is O=C(Nc1cc(C(F)(F)F)ccc1Cl)NN1CCOC1=O. The molecule has 0 aliphatic carbocycles. The van der Waals surface area contributed by atoms with Gasteiger partial charge in [-0.15, -0.1) is 0 Å². The average Bonchev–Trinajstić information content (AvgIpc) is 2.76. The molecule has 0 aromatic heterocycles. The van der Waals surface area contributed by atoms with E-state index in [1.165, 1.54) is 0 Å². The molecule has 0 saturated carbocycles. The van der Waals surface area contributed by atoms with E-state index in [1.807, 2.05) is 0 Å². The second kappa shape index (κ2) is 5.68. The summed E-state index contributed by atoms with van der Waals surface area (Å²) in [7, 11) is 0. The maximum absolute atomic E-state index is 12.6. The van der Waals surface area contributed by atoms with Gasteiger partial charge in [-0.2, -0.15) is 13.2 Å². The third-order valence-corrected chi connectivity index (χ3v) is 2.87. The Labute approximate surface area is 121 Å². The molecule has 2 rings (SSSR count). The summed E-state index contributed by atoms with van der Waals surface area (Å²) in [5.74, 6) is 0. The van der Waals surface area contributed by atoms with Crippen molar-refractivity contribution in [3.63, 3.8) is 0 Å². The molecule has 0 bridgehead atoms. The van der Waals surface area contributed by atoms with E-state index in [0.717, 1.165) is 17.1 Å². The Bertz CT molecular complexity index is 580. The Morgan fingerprint density at radius 2 is 2.10 bits per heavy atom. The number of hydrogen-bond acceptors (Lipinski definition) is 3. The fourth-order valence-corrected chi connectivity index (χ4v) is 1.73. The minimum Gasteiger partial charge on any atom is -0.446 e. The minimum atomic E-state index is -4.56. The number of cyclic esters (lactones) is 1. The van der Waals surface area contributed by atoms with Crippen LogP contribution in [0, 0.1) is 0 Å². The largest absolute Gasteiger partial charge is 0.446 e. The van der Waals surface area contributed by atoms with Crippen LogP contribution in [-0.2, 0) is 10.9 Å². The van der Waals surface area contributed by atoms with Crippen molar-refractivity contribution in [1.82, 2.24) is 10.4 Å². The molecule has 1 fully saturated rings. The van der Waals surface area contributed by atoms with Crippen LogP contribution in [0.1, 0.15) is 5.56 Å². The molecule has 114 valence electrons. The first kappa shape index (κ1) is 15.2. The summed E-state index contributed by atoms with van der Waals surface area (Å²) in [6.45, 7) is 0.256. The van der Waals surface area contributed by atoms with Crippen molar-refractivity contribution in [3.05, 3.63) is 28.8 Å². The highest BCUT2D eigenvalue weighted by atomic mass is 35.5. The maximum atomic E-state index is 12.6. The summed E-state index contributed by atoms with van der Waals surface area (Å²) in [4.78, 5) is 22.7. The monoisotopic (exact) mass is 323 g/mol. The summed E-state index contributed by atoms with van der Waals surface area (Å²) < 4.78 is 42.3. The molecule has 6 nitrogen and oxygen atoms in total. The van der Waals surface area contributed by atoms with Crippen LogP contribution in [0.4, 0.5) is 28.4 Å². The van der Waals surface area contributed by atoms with Crippen LogP contribution < -0.4 is 10.7 Å². The molecule has 0 atom stereocenters. The molecule has 21 heavy (non-hydrogen) atoms. The smallest absolute Gasteiger partial charge is 0.428 e. The minimum absolute atomic E-state index is 0.0675. The van der Waals surface area contributed by atoms with Crippen molar-refractivity contribution >= 4 is 29.4 Å². The first-order chi connectivity index (χ1) is 9.77. The van der Waals surface area contributed by atoms with Crippen LogP contribution in [0.5, 0.6) is 0 Å². The number of hydrogen-bond donors (Lipinski definition) is 2. The molecule has 10 heteroatoms. The number of ether oxygens (including phenoxy) is 1. The zero-order chi connectivity index (χ0) is 15.6. The van der Waals surface area contributed by atoms with Gasteiger partial charge in [0.25, 0.3) is 0 Å². The average molecular weight is 324 g/mol. The highest BCUT2D eigenvalue weighted by Crippen LogP contribution is 2.33. The number of nitrogens with zero attached hydrogens (tertiary/aromatic N) is 1. The quantitative estimate of drug-likeness (QED) is 0.879. The lowest BCUT2D eigenvalue weighted by Gasteiger charge is -2.16. The first-order valence-corrected chi connectivity index (χ1v) is 6.04. The molecule has 0 spiro atoms. The van der Waals surface area contributed by atoms with Crippen molar-refractivity contribution in [2.75, 3.05) is 18.5 Å². The van der Waals surface area contributed by atoms with Crippen LogP contribution >= 0.6 is 11.6 Å². The molecule has 0 unspecified atom stereocenters. The summed E-state index contributed by atoms with van der Waals surface area (Å²) in [6, 6.07) is 1.60. The first-order valence-electron chi connectivity index (χ1n) is 5.66. The van der Waals surface area contributed by atoms with Crippen LogP contribution in [0.2, 0.25) is 5.02 Å². The number of hydrazine groups is 1. The molecule has 3 amide bonds. The van der Waals surface area contributed by atoms with E-state index in [9.17, 15) is 22.8 Å². The third-order valence-electron chi connectivity index (χ3n) is 2.54. The van der Waals surface area contributed by atoms with Crippen molar-refractivity contribution in [1.29, 1.82) is 0 Å². The summed E-state index contributed by atoms with van der Waals surface area (Å²) >= 11 is 5.72. The third kappa shape index (κ3) is 3.69. The number of carbonyl (C=O) groups is 2. The highest BCUT2D eigenvalue weighted by Gasteiger charge is 2.31.